The van der Waals surface area contributed by atoms with Crippen LogP contribution in [0.25, 0.3) is 11.6 Å². The first-order chi connectivity index (χ1) is 13.2. The lowest BCUT2D eigenvalue weighted by atomic mass is 10.0. The van der Waals surface area contributed by atoms with Crippen LogP contribution in [0.1, 0.15) is 24.0 Å². The number of carbonyl (C=O) groups is 2. The Morgan fingerprint density at radius 2 is 1.67 bits per heavy atom. The van der Waals surface area contributed by atoms with Crippen LogP contribution in [0.15, 0.2) is 54.6 Å². The van der Waals surface area contributed by atoms with Gasteiger partial charge in [0.15, 0.2) is 6.61 Å². The van der Waals surface area contributed by atoms with Crippen molar-refractivity contribution >= 4 is 23.5 Å². The van der Waals surface area contributed by atoms with Crippen molar-refractivity contribution in [2.75, 3.05) is 26.8 Å². The summed E-state index contributed by atoms with van der Waals surface area (Å²) in [5, 5.41) is 0. The highest BCUT2D eigenvalue weighted by Gasteiger charge is 2.21. The Kier molecular flexibility index (Phi) is 6.26. The number of likely N-dealkylation sites (tertiary alicyclic amines) is 1. The Morgan fingerprint density at radius 1 is 1.00 bits per heavy atom. The van der Waals surface area contributed by atoms with Gasteiger partial charge in [0.1, 0.15) is 5.75 Å². The molecular formula is C22H23NO4. The molecule has 27 heavy (non-hydrogen) atoms. The van der Waals surface area contributed by atoms with E-state index in [0.717, 1.165) is 37.1 Å². The predicted octanol–water partition coefficient (Wildman–Crippen LogP) is 3.40. The topological polar surface area (TPSA) is 55.8 Å². The maximum Gasteiger partial charge on any atom is 0.339 e. The van der Waals surface area contributed by atoms with Gasteiger partial charge >= 0.3 is 5.97 Å². The maximum atomic E-state index is 12.8. The van der Waals surface area contributed by atoms with Gasteiger partial charge in [0, 0.05) is 18.7 Å². The maximum absolute atomic E-state index is 12.8. The Bertz CT molecular complexity index is 823. The highest BCUT2D eigenvalue weighted by Crippen LogP contribution is 2.25. The summed E-state index contributed by atoms with van der Waals surface area (Å²) in [6, 6.07) is 16.7. The van der Waals surface area contributed by atoms with Crippen molar-refractivity contribution in [3.8, 4) is 5.75 Å². The van der Waals surface area contributed by atoms with E-state index < -0.39 is 5.97 Å². The van der Waals surface area contributed by atoms with E-state index >= 15 is 0 Å². The number of benzene rings is 2. The number of methoxy groups -OCH3 is 1. The van der Waals surface area contributed by atoms with Gasteiger partial charge in [-0.3, -0.25) is 4.79 Å². The molecule has 140 valence electrons. The molecule has 2 aromatic rings. The van der Waals surface area contributed by atoms with Crippen molar-refractivity contribution in [2.45, 2.75) is 12.8 Å². The molecule has 0 aromatic heterocycles. The van der Waals surface area contributed by atoms with Crippen LogP contribution in [-0.2, 0) is 14.3 Å². The fraction of sp³-hybridized carbons (Fsp3) is 0.273. The lowest BCUT2D eigenvalue weighted by Gasteiger charge is -2.15. The highest BCUT2D eigenvalue weighted by molar-refractivity contribution is 6.22. The molecule has 1 heterocycles. The second kappa shape index (κ2) is 9.03. The third kappa shape index (κ3) is 4.76. The van der Waals surface area contributed by atoms with Gasteiger partial charge in [-0.1, -0.05) is 48.5 Å². The van der Waals surface area contributed by atoms with Crippen LogP contribution in [0.3, 0.4) is 0 Å². The van der Waals surface area contributed by atoms with E-state index in [1.807, 2.05) is 54.6 Å². The number of hydrogen-bond acceptors (Lipinski definition) is 4. The SMILES string of the molecule is COc1ccccc1/C=C(/C(=O)OCC(=O)N1CCCC1)c1ccccc1. The average molecular weight is 365 g/mol. The second-order valence-corrected chi connectivity index (χ2v) is 6.33. The van der Waals surface area contributed by atoms with Gasteiger partial charge in [0.2, 0.25) is 0 Å². The van der Waals surface area contributed by atoms with Crippen molar-refractivity contribution in [1.82, 2.24) is 4.90 Å². The van der Waals surface area contributed by atoms with Gasteiger partial charge in [-0.2, -0.15) is 0 Å². The van der Waals surface area contributed by atoms with Crippen molar-refractivity contribution in [3.63, 3.8) is 0 Å². The standard InChI is InChI=1S/C22H23NO4/c1-26-20-12-6-5-11-18(20)15-19(17-9-3-2-4-10-17)22(25)27-16-21(24)23-13-7-8-14-23/h2-6,9-12,15H,7-8,13-14,16H2,1H3/b19-15+. The molecule has 1 aliphatic rings. The summed E-state index contributed by atoms with van der Waals surface area (Å²) >= 11 is 0. The normalized spacial score (nSPS) is 14.1. The molecule has 0 saturated carbocycles. The zero-order valence-electron chi connectivity index (χ0n) is 15.4. The minimum atomic E-state index is -0.528. The Hall–Kier alpha value is -3.08. The zero-order chi connectivity index (χ0) is 19.1. The molecule has 0 bridgehead atoms. The molecule has 1 fully saturated rings. The minimum Gasteiger partial charge on any atom is -0.496 e. The lowest BCUT2D eigenvalue weighted by molar-refractivity contribution is -0.146. The first-order valence-corrected chi connectivity index (χ1v) is 9.04. The van der Waals surface area contributed by atoms with Gasteiger partial charge in [-0.15, -0.1) is 0 Å². The van der Waals surface area contributed by atoms with E-state index in [9.17, 15) is 9.59 Å². The molecule has 2 aromatic carbocycles. The Labute approximate surface area is 159 Å². The third-order valence-corrected chi connectivity index (χ3v) is 4.53. The molecule has 1 aliphatic heterocycles. The molecular weight excluding hydrogens is 342 g/mol. The fourth-order valence-corrected chi connectivity index (χ4v) is 3.08. The van der Waals surface area contributed by atoms with Gasteiger partial charge in [-0.25, -0.2) is 4.79 Å². The molecule has 0 spiro atoms. The number of ether oxygens (including phenoxy) is 2. The number of nitrogens with zero attached hydrogens (tertiary/aromatic N) is 1. The summed E-state index contributed by atoms with van der Waals surface area (Å²) in [6.45, 7) is 1.23. The molecule has 0 unspecified atom stereocenters. The van der Waals surface area contributed by atoms with E-state index in [1.165, 1.54) is 0 Å². The molecule has 1 amide bonds. The lowest BCUT2D eigenvalue weighted by Crippen LogP contribution is -2.32. The van der Waals surface area contributed by atoms with Gasteiger partial charge < -0.3 is 14.4 Å². The monoisotopic (exact) mass is 365 g/mol. The molecule has 0 aliphatic carbocycles. The number of para-hydroxylation sites is 1. The molecule has 1 saturated heterocycles. The summed E-state index contributed by atoms with van der Waals surface area (Å²) in [4.78, 5) is 26.7. The van der Waals surface area contributed by atoms with Crippen LogP contribution in [0.5, 0.6) is 5.75 Å². The van der Waals surface area contributed by atoms with E-state index in [2.05, 4.69) is 0 Å². The van der Waals surface area contributed by atoms with Crippen molar-refractivity contribution in [1.29, 1.82) is 0 Å². The highest BCUT2D eigenvalue weighted by atomic mass is 16.5. The van der Waals surface area contributed by atoms with Crippen molar-refractivity contribution in [3.05, 3.63) is 65.7 Å². The van der Waals surface area contributed by atoms with E-state index in [0.29, 0.717) is 11.3 Å². The summed E-state index contributed by atoms with van der Waals surface area (Å²) in [5.41, 5.74) is 1.87. The van der Waals surface area contributed by atoms with Crippen LogP contribution >= 0.6 is 0 Å². The minimum absolute atomic E-state index is 0.148. The number of hydrogen-bond donors (Lipinski definition) is 0. The van der Waals surface area contributed by atoms with Gasteiger partial charge in [0.05, 0.1) is 12.7 Å². The second-order valence-electron chi connectivity index (χ2n) is 6.33. The molecule has 0 atom stereocenters. The molecule has 5 heteroatoms. The third-order valence-electron chi connectivity index (χ3n) is 4.53. The zero-order valence-corrected chi connectivity index (χ0v) is 15.4. The fourth-order valence-electron chi connectivity index (χ4n) is 3.08. The van der Waals surface area contributed by atoms with E-state index in [1.54, 1.807) is 18.1 Å². The predicted molar refractivity (Wildman–Crippen MR) is 104 cm³/mol. The number of esters is 1. The van der Waals surface area contributed by atoms with Crippen molar-refractivity contribution in [2.24, 2.45) is 0 Å². The van der Waals surface area contributed by atoms with Crippen molar-refractivity contribution < 1.29 is 19.1 Å². The molecule has 3 rings (SSSR count). The number of rotatable bonds is 6. The smallest absolute Gasteiger partial charge is 0.339 e. The average Bonchev–Trinajstić information content (AvgIpc) is 3.26. The van der Waals surface area contributed by atoms with Crippen LogP contribution in [0.4, 0.5) is 0 Å². The largest absolute Gasteiger partial charge is 0.496 e. The van der Waals surface area contributed by atoms with E-state index in [4.69, 9.17) is 9.47 Å². The number of amides is 1. The van der Waals surface area contributed by atoms with Crippen LogP contribution in [-0.4, -0.2) is 43.6 Å². The first kappa shape index (κ1) is 18.7. The van der Waals surface area contributed by atoms with E-state index in [-0.39, 0.29) is 12.5 Å². The molecule has 0 radical (unpaired) electrons. The first-order valence-electron chi connectivity index (χ1n) is 9.04. The van der Waals surface area contributed by atoms with Crippen LogP contribution in [0.2, 0.25) is 0 Å². The van der Waals surface area contributed by atoms with Crippen LogP contribution < -0.4 is 4.74 Å². The molecule has 0 N–H and O–H groups in total. The van der Waals surface area contributed by atoms with Gasteiger partial charge in [-0.05, 0) is 30.5 Å². The summed E-state index contributed by atoms with van der Waals surface area (Å²) in [5.74, 6) is -0.0166. The molecule has 5 nitrogen and oxygen atoms in total. The van der Waals surface area contributed by atoms with Gasteiger partial charge in [0.25, 0.3) is 5.91 Å². The van der Waals surface area contributed by atoms with Crippen LogP contribution in [0, 0.1) is 0 Å². The Morgan fingerprint density at radius 3 is 2.37 bits per heavy atom. The quantitative estimate of drug-likeness (QED) is 0.447. The summed E-state index contributed by atoms with van der Waals surface area (Å²) in [6.07, 6.45) is 3.74. The Balaban J connectivity index is 1.82. The number of carbonyl (C=O) groups excluding carboxylic acids is 2. The summed E-state index contributed by atoms with van der Waals surface area (Å²) < 4.78 is 10.7. The summed E-state index contributed by atoms with van der Waals surface area (Å²) in [7, 11) is 1.59.